The van der Waals surface area contributed by atoms with E-state index in [0.29, 0.717) is 5.84 Å². The van der Waals surface area contributed by atoms with E-state index in [1.165, 1.54) is 0 Å². The van der Waals surface area contributed by atoms with Gasteiger partial charge in [0, 0.05) is 20.0 Å². The van der Waals surface area contributed by atoms with Crippen LogP contribution in [0.4, 0.5) is 0 Å². The van der Waals surface area contributed by atoms with Crippen molar-refractivity contribution in [2.45, 2.75) is 19.4 Å². The molecule has 1 saturated heterocycles. The van der Waals surface area contributed by atoms with E-state index in [1.54, 1.807) is 0 Å². The molecule has 11 heavy (non-hydrogen) atoms. The molecule has 1 atom stereocenters. The van der Waals surface area contributed by atoms with Crippen LogP contribution in [0.25, 0.3) is 0 Å². The molecule has 0 bridgehead atoms. The summed E-state index contributed by atoms with van der Waals surface area (Å²) in [7, 11) is 2.00. The number of hydrogen-bond acceptors (Lipinski definition) is 2. The summed E-state index contributed by atoms with van der Waals surface area (Å²) in [5, 5.41) is 11.6. The second-order valence-electron chi connectivity index (χ2n) is 2.90. The van der Waals surface area contributed by atoms with E-state index in [1.807, 2.05) is 25.1 Å². The van der Waals surface area contributed by atoms with Crippen LogP contribution in [0.15, 0.2) is 12.7 Å². The second-order valence-corrected chi connectivity index (χ2v) is 2.90. The van der Waals surface area contributed by atoms with Gasteiger partial charge in [-0.15, -0.1) is 6.58 Å². The van der Waals surface area contributed by atoms with E-state index in [2.05, 4.69) is 11.6 Å². The summed E-state index contributed by atoms with van der Waals surface area (Å²) in [4.78, 5) is 0. The maximum Gasteiger partial charge on any atom is 0.112 e. The molecule has 0 radical (unpaired) electrons. The molecule has 0 aromatic heterocycles. The first-order valence-corrected chi connectivity index (χ1v) is 3.87. The summed E-state index contributed by atoms with van der Waals surface area (Å²) in [6.07, 6.45) is 2.71. The van der Waals surface area contributed by atoms with E-state index < -0.39 is 0 Å². The summed E-state index contributed by atoms with van der Waals surface area (Å²) in [5.41, 5.74) is 0. The van der Waals surface area contributed by atoms with Crippen molar-refractivity contribution in [3.8, 4) is 0 Å². The van der Waals surface area contributed by atoms with Crippen molar-refractivity contribution in [1.29, 1.82) is 5.41 Å². The molecule has 0 spiro atoms. The zero-order chi connectivity index (χ0) is 8.43. The van der Waals surface area contributed by atoms with E-state index in [9.17, 15) is 0 Å². The zero-order valence-electron chi connectivity index (χ0n) is 7.17. The molecule has 1 N–H and O–H groups in total. The molecule has 62 valence electrons. The quantitative estimate of drug-likeness (QED) is 0.602. The van der Waals surface area contributed by atoms with Gasteiger partial charge in [-0.05, 0) is 6.92 Å². The number of rotatable bonds is 2. The van der Waals surface area contributed by atoms with Crippen LogP contribution < -0.4 is 0 Å². The van der Waals surface area contributed by atoms with Crippen molar-refractivity contribution in [1.82, 2.24) is 10.0 Å². The average Bonchev–Trinajstić information content (AvgIpc) is 2.30. The second kappa shape index (κ2) is 3.05. The monoisotopic (exact) mass is 153 g/mol. The summed E-state index contributed by atoms with van der Waals surface area (Å²) in [6.45, 7) is 6.71. The van der Waals surface area contributed by atoms with Gasteiger partial charge in [-0.1, -0.05) is 6.08 Å². The molecule has 1 rings (SSSR count). The van der Waals surface area contributed by atoms with Gasteiger partial charge in [-0.25, -0.2) is 5.01 Å². The zero-order valence-corrected chi connectivity index (χ0v) is 7.17. The molecule has 1 aliphatic heterocycles. The Hall–Kier alpha value is -0.830. The molecule has 1 fully saturated rings. The fourth-order valence-corrected chi connectivity index (χ4v) is 1.35. The third-order valence-electron chi connectivity index (χ3n) is 2.04. The van der Waals surface area contributed by atoms with Gasteiger partial charge in [0.05, 0.1) is 6.04 Å². The smallest absolute Gasteiger partial charge is 0.112 e. The highest BCUT2D eigenvalue weighted by Gasteiger charge is 2.25. The predicted octanol–water partition coefficient (Wildman–Crippen LogP) is 1.09. The van der Waals surface area contributed by atoms with Crippen LogP contribution in [0.3, 0.4) is 0 Å². The van der Waals surface area contributed by atoms with Crippen LogP contribution in [0.1, 0.15) is 13.3 Å². The van der Waals surface area contributed by atoms with Crippen molar-refractivity contribution >= 4 is 5.84 Å². The van der Waals surface area contributed by atoms with Crippen LogP contribution in [-0.4, -0.2) is 35.5 Å². The minimum atomic E-state index is 0.245. The highest BCUT2D eigenvalue weighted by atomic mass is 15.7. The number of hydrazine groups is 1. The van der Waals surface area contributed by atoms with Gasteiger partial charge >= 0.3 is 0 Å². The fraction of sp³-hybridized carbons (Fsp3) is 0.625. The van der Waals surface area contributed by atoms with Crippen molar-refractivity contribution < 1.29 is 0 Å². The lowest BCUT2D eigenvalue weighted by atomic mass is 10.3. The lowest BCUT2D eigenvalue weighted by molar-refractivity contribution is 0.0892. The molecule has 0 amide bonds. The van der Waals surface area contributed by atoms with Gasteiger partial charge in [-0.3, -0.25) is 10.4 Å². The van der Waals surface area contributed by atoms with Crippen molar-refractivity contribution in [3.63, 3.8) is 0 Å². The Morgan fingerprint density at radius 3 is 2.73 bits per heavy atom. The highest BCUT2D eigenvalue weighted by molar-refractivity contribution is 5.80. The van der Waals surface area contributed by atoms with Gasteiger partial charge in [0.1, 0.15) is 5.84 Å². The fourth-order valence-electron chi connectivity index (χ4n) is 1.35. The Kier molecular flexibility index (Phi) is 2.29. The maximum absolute atomic E-state index is 7.61. The summed E-state index contributed by atoms with van der Waals surface area (Å²) in [5.74, 6) is 0.694. The van der Waals surface area contributed by atoms with Crippen LogP contribution in [0, 0.1) is 5.41 Å². The molecular formula is C8H15N3. The van der Waals surface area contributed by atoms with Crippen LogP contribution in [0.2, 0.25) is 0 Å². The number of amidine groups is 1. The molecule has 0 aromatic rings. The molecule has 0 saturated carbocycles. The first-order chi connectivity index (χ1) is 5.16. The Morgan fingerprint density at radius 2 is 2.36 bits per heavy atom. The Labute approximate surface area is 67.8 Å². The minimum Gasteiger partial charge on any atom is -0.287 e. The van der Waals surface area contributed by atoms with Gasteiger partial charge in [0.15, 0.2) is 0 Å². The summed E-state index contributed by atoms with van der Waals surface area (Å²) >= 11 is 0. The molecule has 0 aliphatic carbocycles. The Bertz CT molecular complexity index is 176. The van der Waals surface area contributed by atoms with E-state index in [-0.39, 0.29) is 6.04 Å². The third kappa shape index (κ3) is 1.43. The number of nitrogens with zero attached hydrogens (tertiary/aromatic N) is 2. The van der Waals surface area contributed by atoms with Crippen molar-refractivity contribution in [2.75, 3.05) is 13.6 Å². The Morgan fingerprint density at radius 1 is 1.73 bits per heavy atom. The lowest BCUT2D eigenvalue weighted by Crippen LogP contribution is -2.41. The summed E-state index contributed by atoms with van der Waals surface area (Å²) < 4.78 is 0. The largest absolute Gasteiger partial charge is 0.287 e. The molecule has 3 nitrogen and oxygen atoms in total. The van der Waals surface area contributed by atoms with Crippen LogP contribution in [0.5, 0.6) is 0 Å². The highest BCUT2D eigenvalue weighted by Crippen LogP contribution is 2.13. The van der Waals surface area contributed by atoms with Crippen LogP contribution in [-0.2, 0) is 0 Å². The molecule has 0 aromatic carbocycles. The van der Waals surface area contributed by atoms with E-state index in [0.717, 1.165) is 13.0 Å². The minimum absolute atomic E-state index is 0.245. The molecule has 1 unspecified atom stereocenters. The van der Waals surface area contributed by atoms with Gasteiger partial charge < -0.3 is 0 Å². The SMILES string of the molecule is C=CC(C)N1C(=N)CCN1C. The topological polar surface area (TPSA) is 30.3 Å². The van der Waals surface area contributed by atoms with E-state index in [4.69, 9.17) is 5.41 Å². The summed E-state index contributed by atoms with van der Waals surface area (Å²) in [6, 6.07) is 0.245. The van der Waals surface area contributed by atoms with Crippen molar-refractivity contribution in [2.24, 2.45) is 0 Å². The molecular weight excluding hydrogens is 138 g/mol. The Balaban J connectivity index is 2.67. The predicted molar refractivity (Wildman–Crippen MR) is 46.5 cm³/mol. The molecule has 1 aliphatic rings. The van der Waals surface area contributed by atoms with E-state index >= 15 is 0 Å². The standard InChI is InChI=1S/C8H15N3/c1-4-7(2)11-8(9)5-6-10(11)3/h4,7,9H,1,5-6H2,2-3H3. The molecule has 1 heterocycles. The van der Waals surface area contributed by atoms with Gasteiger partial charge in [0.25, 0.3) is 0 Å². The third-order valence-corrected chi connectivity index (χ3v) is 2.04. The molecule has 3 heteroatoms. The lowest BCUT2D eigenvalue weighted by Gasteiger charge is -2.29. The number of hydrogen-bond donors (Lipinski definition) is 1. The average molecular weight is 153 g/mol. The number of nitrogens with one attached hydrogen (secondary N) is 1. The first-order valence-electron chi connectivity index (χ1n) is 3.87. The first kappa shape index (κ1) is 8.27. The maximum atomic E-state index is 7.61. The normalized spacial score (nSPS) is 22.4. The van der Waals surface area contributed by atoms with Crippen LogP contribution >= 0.6 is 0 Å². The van der Waals surface area contributed by atoms with Crippen molar-refractivity contribution in [3.05, 3.63) is 12.7 Å². The van der Waals surface area contributed by atoms with Gasteiger partial charge in [-0.2, -0.15) is 0 Å². The van der Waals surface area contributed by atoms with Gasteiger partial charge in [0.2, 0.25) is 0 Å².